The third-order valence-corrected chi connectivity index (χ3v) is 3.79. The lowest BCUT2D eigenvalue weighted by molar-refractivity contribution is 0.334. The van der Waals surface area contributed by atoms with Crippen LogP contribution >= 0.6 is 15.9 Å². The van der Waals surface area contributed by atoms with Gasteiger partial charge in [-0.3, -0.25) is 0 Å². The summed E-state index contributed by atoms with van der Waals surface area (Å²) in [5.74, 6) is -0.280. The first-order chi connectivity index (χ1) is 9.65. The summed E-state index contributed by atoms with van der Waals surface area (Å²) in [6.07, 6.45) is 0. The summed E-state index contributed by atoms with van der Waals surface area (Å²) in [6, 6.07) is 10.2. The lowest BCUT2D eigenvalue weighted by atomic mass is 10.0. The van der Waals surface area contributed by atoms with Gasteiger partial charge in [-0.25, -0.2) is 8.78 Å². The van der Waals surface area contributed by atoms with E-state index >= 15 is 0 Å². The first kappa shape index (κ1) is 13.4. The molecular formula is C15H12BrF2NO. The summed E-state index contributed by atoms with van der Waals surface area (Å²) in [5.41, 5.74) is 0.968. The second kappa shape index (κ2) is 5.40. The number of benzene rings is 2. The van der Waals surface area contributed by atoms with Crippen molar-refractivity contribution in [2.24, 2.45) is 0 Å². The van der Waals surface area contributed by atoms with E-state index in [4.69, 9.17) is 4.74 Å². The number of anilines is 1. The largest absolute Gasteiger partial charge is 0.493 e. The maximum atomic E-state index is 13.7. The van der Waals surface area contributed by atoms with Crippen LogP contribution in [0, 0.1) is 11.6 Å². The molecule has 0 saturated heterocycles. The van der Waals surface area contributed by atoms with Crippen LogP contribution in [0.1, 0.15) is 11.5 Å². The standard InChI is InChI=1S/C15H12BrF2NO/c16-10-5-12(17)15(13(18)6-10)19-7-9-8-20-14-4-2-1-3-11(9)14/h1-6,9,19H,7-8H2. The first-order valence-corrected chi connectivity index (χ1v) is 7.04. The molecular weight excluding hydrogens is 328 g/mol. The van der Waals surface area contributed by atoms with Crippen LogP contribution in [0.4, 0.5) is 14.5 Å². The second-order valence-electron chi connectivity index (χ2n) is 4.67. The number of ether oxygens (including phenoxy) is 1. The molecule has 1 aliphatic rings. The normalized spacial score (nSPS) is 16.6. The summed E-state index contributed by atoms with van der Waals surface area (Å²) >= 11 is 3.06. The fraction of sp³-hybridized carbons (Fsp3) is 0.200. The summed E-state index contributed by atoms with van der Waals surface area (Å²) in [4.78, 5) is 0. The average Bonchev–Trinajstić information content (AvgIpc) is 2.81. The lowest BCUT2D eigenvalue weighted by Crippen LogP contribution is -2.15. The molecule has 3 rings (SSSR count). The maximum Gasteiger partial charge on any atom is 0.150 e. The molecule has 0 radical (unpaired) electrons. The van der Waals surface area contributed by atoms with E-state index in [2.05, 4.69) is 21.2 Å². The number of nitrogens with one attached hydrogen (secondary N) is 1. The van der Waals surface area contributed by atoms with Crippen LogP contribution in [0.3, 0.4) is 0 Å². The molecule has 1 unspecified atom stereocenters. The van der Waals surface area contributed by atoms with Gasteiger partial charge in [0.15, 0.2) is 0 Å². The molecule has 2 aromatic carbocycles. The zero-order valence-corrected chi connectivity index (χ0v) is 12.1. The van der Waals surface area contributed by atoms with Gasteiger partial charge in [-0.1, -0.05) is 34.1 Å². The van der Waals surface area contributed by atoms with Gasteiger partial charge < -0.3 is 10.1 Å². The quantitative estimate of drug-likeness (QED) is 0.899. The van der Waals surface area contributed by atoms with Crippen LogP contribution in [-0.2, 0) is 0 Å². The first-order valence-electron chi connectivity index (χ1n) is 6.25. The van der Waals surface area contributed by atoms with E-state index in [0.717, 1.165) is 11.3 Å². The fourth-order valence-corrected chi connectivity index (χ4v) is 2.74. The Hall–Kier alpha value is -1.62. The van der Waals surface area contributed by atoms with E-state index in [1.54, 1.807) is 0 Å². The van der Waals surface area contributed by atoms with Gasteiger partial charge >= 0.3 is 0 Å². The van der Waals surface area contributed by atoms with E-state index < -0.39 is 11.6 Å². The smallest absolute Gasteiger partial charge is 0.150 e. The fourth-order valence-electron chi connectivity index (χ4n) is 2.33. The number of rotatable bonds is 3. The minimum Gasteiger partial charge on any atom is -0.493 e. The number of halogens is 3. The number of hydrogen-bond donors (Lipinski definition) is 1. The molecule has 0 aromatic heterocycles. The predicted molar refractivity (Wildman–Crippen MR) is 77.2 cm³/mol. The molecule has 20 heavy (non-hydrogen) atoms. The van der Waals surface area contributed by atoms with Gasteiger partial charge in [0, 0.05) is 22.5 Å². The highest BCUT2D eigenvalue weighted by Crippen LogP contribution is 2.34. The van der Waals surface area contributed by atoms with E-state index in [1.165, 1.54) is 12.1 Å². The topological polar surface area (TPSA) is 21.3 Å². The Labute approximate surface area is 123 Å². The highest BCUT2D eigenvalue weighted by atomic mass is 79.9. The summed E-state index contributed by atoms with van der Waals surface area (Å²) in [6.45, 7) is 0.943. The van der Waals surface area contributed by atoms with Gasteiger partial charge in [0.05, 0.1) is 6.61 Å². The van der Waals surface area contributed by atoms with Crippen molar-refractivity contribution in [2.75, 3.05) is 18.5 Å². The van der Waals surface area contributed by atoms with E-state index in [-0.39, 0.29) is 11.6 Å². The van der Waals surface area contributed by atoms with Crippen LogP contribution in [0.25, 0.3) is 0 Å². The van der Waals surface area contributed by atoms with Crippen molar-refractivity contribution in [1.82, 2.24) is 0 Å². The monoisotopic (exact) mass is 339 g/mol. The SMILES string of the molecule is Fc1cc(Br)cc(F)c1NCC1COc2ccccc21. The number of fused-ring (bicyclic) bond motifs is 1. The highest BCUT2D eigenvalue weighted by Gasteiger charge is 2.24. The second-order valence-corrected chi connectivity index (χ2v) is 5.59. The molecule has 1 aliphatic heterocycles. The van der Waals surface area contributed by atoms with Gasteiger partial charge in [0.2, 0.25) is 0 Å². The van der Waals surface area contributed by atoms with Crippen molar-refractivity contribution in [3.8, 4) is 5.75 Å². The molecule has 0 spiro atoms. The maximum absolute atomic E-state index is 13.7. The summed E-state index contributed by atoms with van der Waals surface area (Å²) in [7, 11) is 0. The molecule has 5 heteroatoms. The third kappa shape index (κ3) is 2.50. The van der Waals surface area contributed by atoms with Gasteiger partial charge in [-0.05, 0) is 18.2 Å². The molecule has 2 aromatic rings. The van der Waals surface area contributed by atoms with E-state index in [1.807, 2.05) is 24.3 Å². The van der Waals surface area contributed by atoms with Crippen molar-refractivity contribution >= 4 is 21.6 Å². The molecule has 0 saturated carbocycles. The Kier molecular flexibility index (Phi) is 3.61. The predicted octanol–water partition coefficient (Wildman–Crippen LogP) is 4.32. The lowest BCUT2D eigenvalue weighted by Gasteiger charge is -2.13. The minimum absolute atomic E-state index is 0.0913. The molecule has 0 bridgehead atoms. The highest BCUT2D eigenvalue weighted by molar-refractivity contribution is 9.10. The van der Waals surface area contributed by atoms with Gasteiger partial charge in [0.25, 0.3) is 0 Å². The molecule has 0 aliphatic carbocycles. The van der Waals surface area contributed by atoms with E-state index in [9.17, 15) is 8.78 Å². The zero-order valence-electron chi connectivity index (χ0n) is 10.5. The zero-order chi connectivity index (χ0) is 14.1. The van der Waals surface area contributed by atoms with Gasteiger partial charge in [-0.15, -0.1) is 0 Å². The Bertz CT molecular complexity index is 625. The Morgan fingerprint density at radius 3 is 2.65 bits per heavy atom. The van der Waals surface area contributed by atoms with Crippen LogP contribution in [0.2, 0.25) is 0 Å². The molecule has 0 amide bonds. The molecule has 1 heterocycles. The Morgan fingerprint density at radius 1 is 1.20 bits per heavy atom. The molecule has 1 N–H and O–H groups in total. The van der Waals surface area contributed by atoms with Crippen LogP contribution in [0.5, 0.6) is 5.75 Å². The molecule has 0 fully saturated rings. The van der Waals surface area contributed by atoms with Crippen molar-refractivity contribution in [1.29, 1.82) is 0 Å². The average molecular weight is 340 g/mol. The van der Waals surface area contributed by atoms with Gasteiger partial charge in [0.1, 0.15) is 23.1 Å². The van der Waals surface area contributed by atoms with E-state index in [0.29, 0.717) is 17.6 Å². The Balaban J connectivity index is 1.76. The molecule has 2 nitrogen and oxygen atoms in total. The molecule has 104 valence electrons. The minimum atomic E-state index is -0.607. The van der Waals surface area contributed by atoms with Crippen molar-refractivity contribution in [3.05, 3.63) is 58.1 Å². The van der Waals surface area contributed by atoms with Crippen LogP contribution < -0.4 is 10.1 Å². The summed E-state index contributed by atoms with van der Waals surface area (Å²) < 4.78 is 33.4. The van der Waals surface area contributed by atoms with Crippen molar-refractivity contribution in [3.63, 3.8) is 0 Å². The van der Waals surface area contributed by atoms with Crippen LogP contribution in [-0.4, -0.2) is 13.2 Å². The van der Waals surface area contributed by atoms with Crippen molar-refractivity contribution < 1.29 is 13.5 Å². The Morgan fingerprint density at radius 2 is 1.90 bits per heavy atom. The summed E-state index contributed by atoms with van der Waals surface area (Å²) in [5, 5.41) is 2.84. The van der Waals surface area contributed by atoms with Gasteiger partial charge in [-0.2, -0.15) is 0 Å². The van der Waals surface area contributed by atoms with Crippen LogP contribution in [0.15, 0.2) is 40.9 Å². The number of para-hydroxylation sites is 1. The molecule has 1 atom stereocenters. The third-order valence-electron chi connectivity index (χ3n) is 3.33. The van der Waals surface area contributed by atoms with Crippen molar-refractivity contribution in [2.45, 2.75) is 5.92 Å². The number of hydrogen-bond acceptors (Lipinski definition) is 2.